The topological polar surface area (TPSA) is 56.2 Å². The Morgan fingerprint density at radius 2 is 2.50 bits per heavy atom. The van der Waals surface area contributed by atoms with Crippen LogP contribution < -0.4 is 27.3 Å². The number of aromatic nitrogens is 1. The van der Waals surface area contributed by atoms with Crippen molar-refractivity contribution in [1.82, 2.24) is 0 Å². The predicted molar refractivity (Wildman–Crippen MR) is 40.9 cm³/mol. The first-order chi connectivity index (χ1) is 5.24. The van der Waals surface area contributed by atoms with Crippen molar-refractivity contribution in [3.8, 4) is 0 Å². The van der Waals surface area contributed by atoms with Crippen LogP contribution >= 0.6 is 11.3 Å². The normalized spacial score (nSPS) is 8.75. The van der Waals surface area contributed by atoms with Crippen LogP contribution in [0.15, 0.2) is 11.6 Å². The van der Waals surface area contributed by atoms with E-state index in [1.807, 2.05) is 5.38 Å². The van der Waals surface area contributed by atoms with Gasteiger partial charge in [0.05, 0.1) is 7.11 Å². The molecule has 0 saturated heterocycles. The van der Waals surface area contributed by atoms with Crippen molar-refractivity contribution >= 4 is 22.4 Å². The molecule has 0 amide bonds. The average Bonchev–Trinajstić information content (AvgIpc) is 2.37. The number of carbonyl (C=O) groups is 1. The summed E-state index contributed by atoms with van der Waals surface area (Å²) >= 11 is 1.39. The quantitative estimate of drug-likeness (QED) is 0.446. The summed E-state index contributed by atoms with van der Waals surface area (Å²) in [6, 6.07) is 0. The fourth-order valence-corrected chi connectivity index (χ4v) is 1.26. The molecule has 0 aliphatic heterocycles. The molecule has 0 fully saturated rings. The van der Waals surface area contributed by atoms with Gasteiger partial charge in [0.2, 0.25) is 0 Å². The van der Waals surface area contributed by atoms with Crippen LogP contribution in [-0.2, 0) is 16.1 Å². The highest BCUT2D eigenvalue weighted by atomic mass is 79.9. The van der Waals surface area contributed by atoms with Crippen LogP contribution in [0.5, 0.6) is 0 Å². The molecule has 0 aromatic carbocycles. The second kappa shape index (κ2) is 5.10. The van der Waals surface area contributed by atoms with Crippen LogP contribution in [0.4, 0.5) is 5.13 Å². The number of methoxy groups -OCH3 is 1. The van der Waals surface area contributed by atoms with Gasteiger partial charge < -0.3 is 21.7 Å². The van der Waals surface area contributed by atoms with Gasteiger partial charge in [-0.1, -0.05) is 11.3 Å². The van der Waals surface area contributed by atoms with E-state index >= 15 is 0 Å². The van der Waals surface area contributed by atoms with Crippen LogP contribution in [0, 0.1) is 0 Å². The first kappa shape index (κ1) is 11.4. The number of nitrogens with zero attached hydrogens (tertiary/aromatic N) is 1. The Bertz CT molecular complexity index is 264. The van der Waals surface area contributed by atoms with E-state index in [-0.39, 0.29) is 29.5 Å². The van der Waals surface area contributed by atoms with Crippen LogP contribution in [-0.4, -0.2) is 13.1 Å². The SMILES string of the molecule is COC(=O)C[n+]1ccsc1N.[Br-]. The van der Waals surface area contributed by atoms with Crippen molar-refractivity contribution in [3.63, 3.8) is 0 Å². The zero-order valence-electron chi connectivity index (χ0n) is 6.49. The van der Waals surface area contributed by atoms with Gasteiger partial charge in [0, 0.05) is 5.38 Å². The van der Waals surface area contributed by atoms with E-state index in [0.29, 0.717) is 5.13 Å². The zero-order valence-corrected chi connectivity index (χ0v) is 8.89. The van der Waals surface area contributed by atoms with Gasteiger partial charge in [0.15, 0.2) is 6.54 Å². The van der Waals surface area contributed by atoms with Crippen LogP contribution in [0.25, 0.3) is 0 Å². The minimum absolute atomic E-state index is 0. The van der Waals surface area contributed by atoms with Crippen LogP contribution in [0.2, 0.25) is 0 Å². The van der Waals surface area contributed by atoms with E-state index in [4.69, 9.17) is 5.73 Å². The summed E-state index contributed by atoms with van der Waals surface area (Å²) in [4.78, 5) is 10.7. The summed E-state index contributed by atoms with van der Waals surface area (Å²) in [5.41, 5.74) is 5.52. The smallest absolute Gasteiger partial charge is 0.348 e. The van der Waals surface area contributed by atoms with Gasteiger partial charge in [-0.15, -0.1) is 0 Å². The lowest BCUT2D eigenvalue weighted by atomic mass is 10.6. The van der Waals surface area contributed by atoms with Gasteiger partial charge in [-0.3, -0.25) is 5.73 Å². The van der Waals surface area contributed by atoms with E-state index in [9.17, 15) is 4.79 Å². The Labute approximate surface area is 84.7 Å². The maximum absolute atomic E-state index is 10.7. The van der Waals surface area contributed by atoms with Gasteiger partial charge in [0.1, 0.15) is 6.20 Å². The van der Waals surface area contributed by atoms with Crippen molar-refractivity contribution in [2.75, 3.05) is 12.8 Å². The lowest BCUT2D eigenvalue weighted by Crippen LogP contribution is -3.00. The molecule has 6 heteroatoms. The van der Waals surface area contributed by atoms with Crippen molar-refractivity contribution < 1.29 is 31.1 Å². The summed E-state index contributed by atoms with van der Waals surface area (Å²) in [5.74, 6) is -0.292. The molecule has 0 unspecified atom stereocenters. The molecule has 1 aromatic rings. The summed E-state index contributed by atoms with van der Waals surface area (Å²) in [6.07, 6.45) is 1.75. The molecular formula is C6H9BrN2O2S. The molecule has 1 rings (SSSR count). The van der Waals surface area contributed by atoms with Crippen LogP contribution in [0.1, 0.15) is 0 Å². The van der Waals surface area contributed by atoms with Crippen molar-refractivity contribution in [2.45, 2.75) is 6.54 Å². The zero-order chi connectivity index (χ0) is 8.27. The molecular weight excluding hydrogens is 244 g/mol. The number of esters is 1. The minimum Gasteiger partial charge on any atom is -1.00 e. The van der Waals surface area contributed by atoms with Crippen molar-refractivity contribution in [3.05, 3.63) is 11.6 Å². The summed E-state index contributed by atoms with van der Waals surface area (Å²) in [6.45, 7) is 0.186. The third kappa shape index (κ3) is 2.78. The highest BCUT2D eigenvalue weighted by molar-refractivity contribution is 7.12. The van der Waals surface area contributed by atoms with Gasteiger partial charge in [-0.2, -0.15) is 0 Å². The third-order valence-corrected chi connectivity index (χ3v) is 1.97. The maximum Gasteiger partial charge on any atom is 0.348 e. The number of halogens is 1. The summed E-state index contributed by atoms with van der Waals surface area (Å²) in [5, 5.41) is 2.42. The fourth-order valence-electron chi connectivity index (χ4n) is 0.649. The first-order valence-corrected chi connectivity index (χ1v) is 3.91. The van der Waals surface area contributed by atoms with Crippen molar-refractivity contribution in [1.29, 1.82) is 0 Å². The molecule has 0 aliphatic carbocycles. The van der Waals surface area contributed by atoms with E-state index in [1.54, 1.807) is 10.8 Å². The van der Waals surface area contributed by atoms with E-state index in [1.165, 1.54) is 18.4 Å². The average molecular weight is 253 g/mol. The maximum atomic E-state index is 10.7. The molecule has 1 aromatic heterocycles. The minimum atomic E-state index is -0.292. The second-order valence-electron chi connectivity index (χ2n) is 1.95. The predicted octanol–water partition coefficient (Wildman–Crippen LogP) is -3.21. The Morgan fingerprint density at radius 3 is 2.92 bits per heavy atom. The molecule has 4 nitrogen and oxygen atoms in total. The number of hydrogen-bond donors (Lipinski definition) is 1. The highest BCUT2D eigenvalue weighted by Gasteiger charge is 2.10. The van der Waals surface area contributed by atoms with Crippen LogP contribution in [0.3, 0.4) is 0 Å². The van der Waals surface area contributed by atoms with Gasteiger partial charge >= 0.3 is 11.1 Å². The molecule has 2 N–H and O–H groups in total. The lowest BCUT2D eigenvalue weighted by Gasteiger charge is -1.94. The number of nitrogen functional groups attached to an aromatic ring is 1. The molecule has 0 radical (unpaired) electrons. The number of rotatable bonds is 2. The molecule has 0 bridgehead atoms. The number of nitrogens with two attached hydrogens (primary N) is 1. The molecule has 0 atom stereocenters. The number of anilines is 1. The highest BCUT2D eigenvalue weighted by Crippen LogP contribution is 2.01. The lowest BCUT2D eigenvalue weighted by molar-refractivity contribution is -0.667. The summed E-state index contributed by atoms with van der Waals surface area (Å²) in [7, 11) is 1.35. The number of carbonyl (C=O) groups excluding carboxylic acids is 1. The number of thiazole rings is 1. The molecule has 12 heavy (non-hydrogen) atoms. The second-order valence-corrected chi connectivity index (χ2v) is 2.87. The van der Waals surface area contributed by atoms with E-state index < -0.39 is 0 Å². The monoisotopic (exact) mass is 252 g/mol. The molecule has 0 saturated carbocycles. The Balaban J connectivity index is 0.00000121. The third-order valence-electron chi connectivity index (χ3n) is 1.24. The van der Waals surface area contributed by atoms with Gasteiger partial charge in [-0.05, 0) is 0 Å². The van der Waals surface area contributed by atoms with Crippen molar-refractivity contribution in [2.24, 2.45) is 0 Å². The van der Waals surface area contributed by atoms with E-state index in [0.717, 1.165) is 0 Å². The standard InChI is InChI=1S/C6H8N2O2S.BrH/c1-10-5(9)4-8-2-3-11-6(8)7;/h2-3,7H,4H2,1H3;1H. The number of hydrogen-bond acceptors (Lipinski definition) is 4. The fraction of sp³-hybridized carbons (Fsp3) is 0.333. The van der Waals surface area contributed by atoms with Gasteiger partial charge in [0.25, 0.3) is 0 Å². The first-order valence-electron chi connectivity index (χ1n) is 3.03. The molecule has 1 heterocycles. The molecule has 68 valence electrons. The molecule has 0 spiro atoms. The Morgan fingerprint density at radius 1 is 1.83 bits per heavy atom. The molecule has 0 aliphatic rings. The Hall–Kier alpha value is -0.620. The van der Waals surface area contributed by atoms with E-state index in [2.05, 4.69) is 4.74 Å². The largest absolute Gasteiger partial charge is 1.00 e. The number of ether oxygens (including phenoxy) is 1. The summed E-state index contributed by atoms with van der Waals surface area (Å²) < 4.78 is 6.10. The Kier molecular flexibility index (Phi) is 4.84. The van der Waals surface area contributed by atoms with Gasteiger partial charge in [-0.25, -0.2) is 9.36 Å².